The molecule has 35 heavy (non-hydrogen) atoms. The van der Waals surface area contributed by atoms with E-state index in [9.17, 15) is 25.2 Å². The number of rotatable bonds is 1. The van der Waals surface area contributed by atoms with Crippen molar-refractivity contribution in [1.29, 1.82) is 0 Å². The Hall–Kier alpha value is -0.910. The van der Waals surface area contributed by atoms with Crippen LogP contribution in [0.4, 0.5) is 0 Å². The Morgan fingerprint density at radius 3 is 2.17 bits per heavy atom. The highest BCUT2D eigenvalue weighted by Gasteiger charge is 2.72. The molecule has 0 aliphatic heterocycles. The first kappa shape index (κ1) is 25.7. The second-order valence-electron chi connectivity index (χ2n) is 15.3. The lowest BCUT2D eigenvalue weighted by atomic mass is 9.33. The van der Waals surface area contributed by atoms with Gasteiger partial charge in [0.1, 0.15) is 5.41 Å². The van der Waals surface area contributed by atoms with E-state index in [1.165, 1.54) is 5.57 Å². The maximum absolute atomic E-state index is 12.8. The molecule has 0 radical (unpaired) electrons. The zero-order chi connectivity index (χ0) is 26.0. The topological polar surface area (TPSA) is 98.0 Å². The van der Waals surface area contributed by atoms with E-state index in [4.69, 9.17) is 0 Å². The van der Waals surface area contributed by atoms with Crippen molar-refractivity contribution in [2.24, 2.45) is 50.2 Å². The number of carbonyl (C=O) groups is 1. The van der Waals surface area contributed by atoms with Crippen LogP contribution in [0.5, 0.6) is 0 Å². The van der Waals surface area contributed by atoms with Crippen LogP contribution < -0.4 is 0 Å². The summed E-state index contributed by atoms with van der Waals surface area (Å²) in [6.07, 6.45) is 6.22. The molecule has 0 saturated heterocycles. The Morgan fingerprint density at radius 1 is 0.886 bits per heavy atom. The van der Waals surface area contributed by atoms with E-state index >= 15 is 0 Å². The maximum Gasteiger partial charge on any atom is 0.312 e. The molecule has 0 aromatic rings. The molecule has 0 amide bonds. The van der Waals surface area contributed by atoms with E-state index in [1.807, 2.05) is 0 Å². The molecule has 0 aromatic heterocycles. The van der Waals surface area contributed by atoms with Gasteiger partial charge in [0.15, 0.2) is 0 Å². The second kappa shape index (κ2) is 7.35. The Bertz CT molecular complexity index is 952. The van der Waals surface area contributed by atoms with Gasteiger partial charge in [0.25, 0.3) is 0 Å². The minimum Gasteiger partial charge on any atom is -0.481 e. The molecule has 5 rings (SSSR count). The van der Waals surface area contributed by atoms with Gasteiger partial charge >= 0.3 is 5.97 Å². The zero-order valence-corrected chi connectivity index (χ0v) is 22.9. The van der Waals surface area contributed by atoms with E-state index in [-0.39, 0.29) is 38.9 Å². The largest absolute Gasteiger partial charge is 0.481 e. The van der Waals surface area contributed by atoms with E-state index in [1.54, 1.807) is 0 Å². The summed E-state index contributed by atoms with van der Waals surface area (Å²) in [5, 5.41) is 44.8. The van der Waals surface area contributed by atoms with Crippen molar-refractivity contribution in [3.05, 3.63) is 11.6 Å². The van der Waals surface area contributed by atoms with Crippen molar-refractivity contribution in [2.45, 2.75) is 118 Å². The third-order valence-corrected chi connectivity index (χ3v) is 12.9. The third kappa shape index (κ3) is 3.01. The van der Waals surface area contributed by atoms with E-state index in [0.717, 1.165) is 32.1 Å². The van der Waals surface area contributed by atoms with Crippen LogP contribution in [0.2, 0.25) is 0 Å². The van der Waals surface area contributed by atoms with Gasteiger partial charge in [-0.15, -0.1) is 0 Å². The Labute approximate surface area is 211 Å². The zero-order valence-electron chi connectivity index (χ0n) is 22.9. The van der Waals surface area contributed by atoms with Crippen LogP contribution in [0.1, 0.15) is 99.8 Å². The van der Waals surface area contributed by atoms with Crippen LogP contribution in [0.15, 0.2) is 11.6 Å². The minimum absolute atomic E-state index is 0.00983. The van der Waals surface area contributed by atoms with Crippen LogP contribution in [-0.2, 0) is 4.79 Å². The van der Waals surface area contributed by atoms with E-state index in [2.05, 4.69) is 54.5 Å². The summed E-state index contributed by atoms with van der Waals surface area (Å²) in [5.74, 6) is -0.706. The van der Waals surface area contributed by atoms with Gasteiger partial charge in [-0.2, -0.15) is 0 Å². The first-order valence-corrected chi connectivity index (χ1v) is 14.0. The number of hydrogen-bond acceptors (Lipinski definition) is 4. The minimum atomic E-state index is -1.11. The summed E-state index contributed by atoms with van der Waals surface area (Å²) in [6.45, 7) is 15.6. The van der Waals surface area contributed by atoms with E-state index < -0.39 is 29.7 Å². The standard InChI is InChI=1S/C30H48O5/c1-25(2)12-13-30(24(34)35)18(14-25)17-8-9-20-27(5)11-10-21(32)26(3,4)23(27)19(31)15-29(20,7)28(17,6)16-22(30)33/h8,18-23,31-33H,9-16H2,1-7H3,(H,34,35)/t18?,19-,20?,21+,22-,23?,27-,28-,29-,30-/m1/s1. The van der Waals surface area contributed by atoms with Gasteiger partial charge in [0, 0.05) is 0 Å². The highest BCUT2D eigenvalue weighted by Crippen LogP contribution is 2.75. The van der Waals surface area contributed by atoms with Crippen molar-refractivity contribution in [3.63, 3.8) is 0 Å². The van der Waals surface area contributed by atoms with Gasteiger partial charge in [-0.3, -0.25) is 4.79 Å². The number of aliphatic hydroxyl groups is 3. The number of hydrogen-bond donors (Lipinski definition) is 4. The molecule has 0 bridgehead atoms. The fourth-order valence-electron chi connectivity index (χ4n) is 10.9. The van der Waals surface area contributed by atoms with Gasteiger partial charge in [-0.05, 0) is 96.2 Å². The lowest BCUT2D eigenvalue weighted by Gasteiger charge is -2.72. The van der Waals surface area contributed by atoms with Crippen LogP contribution in [0, 0.1) is 50.2 Å². The molecular formula is C30H48O5. The van der Waals surface area contributed by atoms with Crippen molar-refractivity contribution >= 4 is 5.97 Å². The van der Waals surface area contributed by atoms with Gasteiger partial charge in [-0.25, -0.2) is 0 Å². The summed E-state index contributed by atoms with van der Waals surface area (Å²) < 4.78 is 0. The average Bonchev–Trinajstić information content (AvgIpc) is 2.71. The molecule has 4 N–H and O–H groups in total. The molecule has 4 saturated carbocycles. The molecule has 0 spiro atoms. The van der Waals surface area contributed by atoms with Crippen LogP contribution in [0.25, 0.3) is 0 Å². The quantitative estimate of drug-likeness (QED) is 0.382. The van der Waals surface area contributed by atoms with Gasteiger partial charge < -0.3 is 20.4 Å². The van der Waals surface area contributed by atoms with Crippen LogP contribution >= 0.6 is 0 Å². The highest BCUT2D eigenvalue weighted by molar-refractivity contribution is 5.77. The molecule has 5 aliphatic rings. The number of fused-ring (bicyclic) bond motifs is 7. The molecule has 3 unspecified atom stereocenters. The third-order valence-electron chi connectivity index (χ3n) is 12.9. The van der Waals surface area contributed by atoms with Crippen molar-refractivity contribution in [1.82, 2.24) is 0 Å². The van der Waals surface area contributed by atoms with Crippen molar-refractivity contribution in [3.8, 4) is 0 Å². The van der Waals surface area contributed by atoms with Gasteiger partial charge in [0.05, 0.1) is 18.3 Å². The molecular weight excluding hydrogens is 440 g/mol. The molecule has 4 fully saturated rings. The van der Waals surface area contributed by atoms with Crippen molar-refractivity contribution < 1.29 is 25.2 Å². The maximum atomic E-state index is 12.8. The molecule has 5 heteroatoms. The summed E-state index contributed by atoms with van der Waals surface area (Å²) in [7, 11) is 0. The first-order valence-electron chi connectivity index (χ1n) is 14.0. The average molecular weight is 489 g/mol. The molecule has 0 heterocycles. The number of allylic oxidation sites excluding steroid dienone is 2. The predicted octanol–water partition coefficient (Wildman–Crippen LogP) is 5.18. The number of aliphatic hydroxyl groups excluding tert-OH is 3. The fraction of sp³-hybridized carbons (Fsp3) is 0.900. The van der Waals surface area contributed by atoms with Crippen LogP contribution in [-0.4, -0.2) is 44.7 Å². The lowest BCUT2D eigenvalue weighted by Crippen LogP contribution is -2.70. The van der Waals surface area contributed by atoms with Gasteiger partial charge in [0.2, 0.25) is 0 Å². The smallest absolute Gasteiger partial charge is 0.312 e. The SMILES string of the molecule is CC1(C)CC[C@@]2(C(=O)O)C(C1)C1=CCC3[C@@]4(C)CC[C@H](O)C(C)(C)C4[C@H](O)C[C@@]3(C)[C@]1(C)C[C@H]2O. The monoisotopic (exact) mass is 488 g/mol. The molecule has 198 valence electrons. The normalized spacial score (nSPS) is 54.4. The number of carboxylic acid groups (broad SMARTS) is 1. The summed E-state index contributed by atoms with van der Waals surface area (Å²) >= 11 is 0. The summed E-state index contributed by atoms with van der Waals surface area (Å²) in [6, 6.07) is 0. The highest BCUT2D eigenvalue weighted by atomic mass is 16.4. The number of carboxylic acids is 1. The Morgan fingerprint density at radius 2 is 1.54 bits per heavy atom. The second-order valence-corrected chi connectivity index (χ2v) is 15.3. The molecule has 5 aliphatic carbocycles. The van der Waals surface area contributed by atoms with Crippen molar-refractivity contribution in [2.75, 3.05) is 0 Å². The summed E-state index contributed by atoms with van der Waals surface area (Å²) in [4.78, 5) is 12.8. The van der Waals surface area contributed by atoms with Gasteiger partial charge in [-0.1, -0.05) is 60.1 Å². The Kier molecular flexibility index (Phi) is 5.40. The fourth-order valence-corrected chi connectivity index (χ4v) is 10.9. The van der Waals surface area contributed by atoms with E-state index in [0.29, 0.717) is 25.2 Å². The first-order chi connectivity index (χ1) is 16.0. The van der Waals surface area contributed by atoms with Crippen LogP contribution in [0.3, 0.4) is 0 Å². The Balaban J connectivity index is 1.66. The number of aliphatic carboxylic acids is 1. The molecule has 10 atom stereocenters. The lowest BCUT2D eigenvalue weighted by molar-refractivity contribution is -0.248. The predicted molar refractivity (Wildman–Crippen MR) is 135 cm³/mol. The summed E-state index contributed by atoms with van der Waals surface area (Å²) in [5.41, 5.74) is -0.960. The molecule has 0 aromatic carbocycles. The molecule has 5 nitrogen and oxygen atoms in total.